The van der Waals surface area contributed by atoms with Crippen LogP contribution in [0.4, 0.5) is 0 Å². The molecule has 0 aliphatic carbocycles. The van der Waals surface area contributed by atoms with Gasteiger partial charge in [0.25, 0.3) is 0 Å². The van der Waals surface area contributed by atoms with Gasteiger partial charge >= 0.3 is 11.9 Å². The van der Waals surface area contributed by atoms with Crippen molar-refractivity contribution in [1.29, 1.82) is 0 Å². The van der Waals surface area contributed by atoms with Crippen molar-refractivity contribution >= 4 is 28.6 Å². The van der Waals surface area contributed by atoms with Crippen LogP contribution < -0.4 is 11.1 Å². The van der Waals surface area contributed by atoms with E-state index >= 15 is 0 Å². The van der Waals surface area contributed by atoms with E-state index in [-0.39, 0.29) is 12.5 Å². The fourth-order valence-electron chi connectivity index (χ4n) is 5.74. The number of esters is 2. The van der Waals surface area contributed by atoms with Gasteiger partial charge in [-0.2, -0.15) is 0 Å². The molecule has 2 heterocycles. The van der Waals surface area contributed by atoms with Gasteiger partial charge in [-0.3, -0.25) is 14.4 Å². The number of ether oxygens (including phenoxy) is 4. The number of hydrogen-bond acceptors (Lipinski definition) is 10. The molecule has 3 aromatic rings. The van der Waals surface area contributed by atoms with Crippen LogP contribution in [-0.2, 0) is 39.9 Å². The number of nitrogens with two attached hydrogens (primary N) is 1. The number of amides is 1. The fourth-order valence-corrected chi connectivity index (χ4v) is 5.74. The zero-order valence-corrected chi connectivity index (χ0v) is 26.7. The SMILES string of the molecule is CC(=O)NC1C(OCCCC(C)C(C)CCN)OC(Cn2cc(-c3ccc4ccccc4c3)nn2)C(OC(C)=O)C1OC(C)=O. The van der Waals surface area contributed by atoms with Gasteiger partial charge < -0.3 is 30.0 Å². The summed E-state index contributed by atoms with van der Waals surface area (Å²) in [6, 6.07) is 13.2. The van der Waals surface area contributed by atoms with Crippen LogP contribution in [0.5, 0.6) is 0 Å². The van der Waals surface area contributed by atoms with E-state index in [4.69, 9.17) is 24.7 Å². The van der Waals surface area contributed by atoms with E-state index in [9.17, 15) is 14.4 Å². The molecule has 2 aromatic carbocycles. The van der Waals surface area contributed by atoms with Crippen LogP contribution >= 0.6 is 0 Å². The van der Waals surface area contributed by atoms with Crippen molar-refractivity contribution in [1.82, 2.24) is 20.3 Å². The molecule has 7 atom stereocenters. The highest BCUT2D eigenvalue weighted by atomic mass is 16.7. The van der Waals surface area contributed by atoms with Gasteiger partial charge in [-0.25, -0.2) is 4.68 Å². The van der Waals surface area contributed by atoms with Crippen molar-refractivity contribution in [3.8, 4) is 11.3 Å². The van der Waals surface area contributed by atoms with Crippen molar-refractivity contribution in [2.45, 2.75) is 91.1 Å². The first-order chi connectivity index (χ1) is 21.5. The maximum Gasteiger partial charge on any atom is 0.303 e. The van der Waals surface area contributed by atoms with Gasteiger partial charge in [0.1, 0.15) is 17.8 Å². The normalized spacial score (nSPS) is 22.8. The predicted molar refractivity (Wildman–Crippen MR) is 168 cm³/mol. The van der Waals surface area contributed by atoms with Gasteiger partial charge in [-0.15, -0.1) is 5.10 Å². The van der Waals surface area contributed by atoms with E-state index in [0.717, 1.165) is 35.6 Å². The second-order valence-corrected chi connectivity index (χ2v) is 11.9. The summed E-state index contributed by atoms with van der Waals surface area (Å²) in [6.45, 7) is 9.34. The Hall–Kier alpha value is -3.87. The molecule has 1 aromatic heterocycles. The molecule has 3 N–H and O–H groups in total. The van der Waals surface area contributed by atoms with E-state index in [2.05, 4.69) is 29.5 Å². The smallest absolute Gasteiger partial charge is 0.303 e. The molecule has 1 aliphatic rings. The average molecular weight is 624 g/mol. The molecule has 1 amide bonds. The standard InChI is InChI=1S/C33H45N5O7/c1-20(21(2)14-15-34)9-8-16-42-33-30(35-22(3)39)32(44-24(5)41)31(43-23(4)40)29(45-33)19-38-18-28(36-37-38)27-13-12-25-10-6-7-11-26(25)17-27/h6-7,10-13,17-18,20-21,29-33H,8-9,14-16,19,34H2,1-5H3,(H,35,39). The first-order valence-corrected chi connectivity index (χ1v) is 15.5. The Labute approximate surface area is 263 Å². The van der Waals surface area contributed by atoms with Crippen LogP contribution in [0.25, 0.3) is 22.0 Å². The van der Waals surface area contributed by atoms with Crippen LogP contribution in [0.1, 0.15) is 53.9 Å². The van der Waals surface area contributed by atoms with E-state index in [0.29, 0.717) is 30.7 Å². The molecule has 0 radical (unpaired) electrons. The van der Waals surface area contributed by atoms with Gasteiger partial charge in [0, 0.05) is 32.9 Å². The third kappa shape index (κ3) is 9.32. The van der Waals surface area contributed by atoms with E-state index < -0.39 is 42.6 Å². The molecule has 0 bridgehead atoms. The maximum absolute atomic E-state index is 12.3. The minimum atomic E-state index is -1.08. The van der Waals surface area contributed by atoms with Gasteiger partial charge in [0.05, 0.1) is 12.7 Å². The Bertz CT molecular complexity index is 1450. The molecule has 1 aliphatic heterocycles. The first kappa shape index (κ1) is 34.0. The number of aromatic nitrogens is 3. The topological polar surface area (TPSA) is 157 Å². The van der Waals surface area contributed by atoms with Crippen molar-refractivity contribution in [2.24, 2.45) is 17.6 Å². The van der Waals surface area contributed by atoms with Gasteiger partial charge in [0.15, 0.2) is 18.5 Å². The zero-order chi connectivity index (χ0) is 32.5. The third-order valence-electron chi connectivity index (χ3n) is 8.25. The van der Waals surface area contributed by atoms with Crippen LogP contribution in [-0.4, -0.2) is 76.6 Å². The van der Waals surface area contributed by atoms with Crippen molar-refractivity contribution in [3.63, 3.8) is 0 Å². The summed E-state index contributed by atoms with van der Waals surface area (Å²) in [4.78, 5) is 36.8. The Morgan fingerprint density at radius 3 is 2.36 bits per heavy atom. The number of nitrogens with one attached hydrogen (secondary N) is 1. The minimum Gasteiger partial charge on any atom is -0.456 e. The Kier molecular flexibility index (Phi) is 12.0. The number of benzene rings is 2. The van der Waals surface area contributed by atoms with Crippen LogP contribution in [0.3, 0.4) is 0 Å². The van der Waals surface area contributed by atoms with Crippen molar-refractivity contribution in [3.05, 3.63) is 48.7 Å². The number of nitrogens with zero attached hydrogens (tertiary/aromatic N) is 3. The summed E-state index contributed by atoms with van der Waals surface area (Å²) in [5, 5.41) is 13.6. The molecular formula is C33H45N5O7. The molecule has 12 heteroatoms. The highest BCUT2D eigenvalue weighted by Crippen LogP contribution is 2.30. The minimum absolute atomic E-state index is 0.108. The number of carbonyl (C=O) groups is 3. The van der Waals surface area contributed by atoms with Crippen LogP contribution in [0, 0.1) is 11.8 Å². The summed E-state index contributed by atoms with van der Waals surface area (Å²) < 4.78 is 25.5. The molecule has 4 rings (SSSR count). The molecule has 45 heavy (non-hydrogen) atoms. The Balaban J connectivity index is 1.57. The summed E-state index contributed by atoms with van der Waals surface area (Å²) in [5.41, 5.74) is 7.27. The summed E-state index contributed by atoms with van der Waals surface area (Å²) >= 11 is 0. The van der Waals surface area contributed by atoms with Crippen LogP contribution in [0.2, 0.25) is 0 Å². The molecular weight excluding hydrogens is 578 g/mol. The van der Waals surface area contributed by atoms with E-state index in [1.807, 2.05) is 42.5 Å². The van der Waals surface area contributed by atoms with E-state index in [1.165, 1.54) is 20.8 Å². The largest absolute Gasteiger partial charge is 0.456 e. The number of hydrogen-bond donors (Lipinski definition) is 2. The second-order valence-electron chi connectivity index (χ2n) is 11.9. The summed E-state index contributed by atoms with van der Waals surface area (Å²) in [7, 11) is 0. The number of rotatable bonds is 14. The van der Waals surface area contributed by atoms with Crippen LogP contribution in [0.15, 0.2) is 48.7 Å². The molecule has 0 spiro atoms. The number of carbonyl (C=O) groups excluding carboxylic acids is 3. The molecule has 1 fully saturated rings. The van der Waals surface area contributed by atoms with Gasteiger partial charge in [-0.05, 0) is 54.5 Å². The zero-order valence-electron chi connectivity index (χ0n) is 26.7. The lowest BCUT2D eigenvalue weighted by Gasteiger charge is -2.45. The van der Waals surface area contributed by atoms with Crippen molar-refractivity contribution in [2.75, 3.05) is 13.2 Å². The average Bonchev–Trinajstić information content (AvgIpc) is 3.46. The van der Waals surface area contributed by atoms with Gasteiger partial charge in [-0.1, -0.05) is 55.5 Å². The lowest BCUT2D eigenvalue weighted by Crippen LogP contribution is -2.66. The highest BCUT2D eigenvalue weighted by Gasteiger charge is 2.51. The summed E-state index contributed by atoms with van der Waals surface area (Å²) in [6.07, 6.45) is 0.419. The molecule has 7 unspecified atom stereocenters. The Morgan fingerprint density at radius 1 is 0.978 bits per heavy atom. The first-order valence-electron chi connectivity index (χ1n) is 15.5. The Morgan fingerprint density at radius 2 is 1.67 bits per heavy atom. The fraction of sp³-hybridized carbons (Fsp3) is 0.545. The molecule has 12 nitrogen and oxygen atoms in total. The predicted octanol–water partition coefficient (Wildman–Crippen LogP) is 3.61. The number of fused-ring (bicyclic) bond motifs is 1. The molecule has 0 saturated carbocycles. The van der Waals surface area contributed by atoms with E-state index in [1.54, 1.807) is 10.9 Å². The molecule has 1 saturated heterocycles. The lowest BCUT2D eigenvalue weighted by molar-refractivity contribution is -0.274. The summed E-state index contributed by atoms with van der Waals surface area (Å²) in [5.74, 6) is -0.640. The highest BCUT2D eigenvalue weighted by molar-refractivity contribution is 5.86. The maximum atomic E-state index is 12.3. The lowest BCUT2D eigenvalue weighted by atomic mass is 9.89. The quantitative estimate of drug-likeness (QED) is 0.201. The molecule has 244 valence electrons. The third-order valence-corrected chi connectivity index (χ3v) is 8.25. The monoisotopic (exact) mass is 623 g/mol. The second kappa shape index (κ2) is 15.9. The van der Waals surface area contributed by atoms with Gasteiger partial charge in [0.2, 0.25) is 5.91 Å². The van der Waals surface area contributed by atoms with Crippen molar-refractivity contribution < 1.29 is 33.3 Å².